The quantitative estimate of drug-likeness (QED) is 0.946. The highest BCUT2D eigenvalue weighted by Gasteiger charge is 2.14. The van der Waals surface area contributed by atoms with Crippen molar-refractivity contribution in [2.24, 2.45) is 7.05 Å². The third kappa shape index (κ3) is 2.35. The van der Waals surface area contributed by atoms with Crippen LogP contribution >= 0.6 is 15.9 Å². The molecule has 0 atom stereocenters. The van der Waals surface area contributed by atoms with Crippen molar-refractivity contribution in [3.63, 3.8) is 0 Å². The Morgan fingerprint density at radius 1 is 1.28 bits per heavy atom. The molecule has 1 N–H and O–H groups in total. The summed E-state index contributed by atoms with van der Waals surface area (Å²) in [6.45, 7) is 4.32. The smallest absolute Gasteiger partial charge is 0.112 e. The molecule has 2 aromatic rings. The summed E-state index contributed by atoms with van der Waals surface area (Å²) in [5.74, 6) is 0.887. The molecule has 0 saturated carbocycles. The fraction of sp³-hybridized carbons (Fsp3) is 0.357. The number of aliphatic hydroxyl groups is 1. The van der Waals surface area contributed by atoms with Gasteiger partial charge >= 0.3 is 0 Å². The summed E-state index contributed by atoms with van der Waals surface area (Å²) >= 11 is 3.57. The van der Waals surface area contributed by atoms with E-state index < -0.39 is 0 Å². The first-order chi connectivity index (χ1) is 8.54. The van der Waals surface area contributed by atoms with Crippen molar-refractivity contribution in [2.45, 2.75) is 20.3 Å². The van der Waals surface area contributed by atoms with Gasteiger partial charge in [-0.3, -0.25) is 0 Å². The minimum absolute atomic E-state index is 0.115. The van der Waals surface area contributed by atoms with E-state index >= 15 is 0 Å². The highest BCUT2D eigenvalue weighted by molar-refractivity contribution is 9.10. The van der Waals surface area contributed by atoms with Gasteiger partial charge in [0.15, 0.2) is 0 Å². The third-order valence-electron chi connectivity index (χ3n) is 3.23. The number of rotatable bonds is 3. The van der Waals surface area contributed by atoms with Crippen molar-refractivity contribution in [1.29, 1.82) is 0 Å². The number of aliphatic hydroxyl groups excluding tert-OH is 1. The molecular formula is C14H17BrN2O. The number of aryl methyl sites for hydroxylation is 2. The van der Waals surface area contributed by atoms with Gasteiger partial charge in [-0.25, -0.2) is 4.98 Å². The van der Waals surface area contributed by atoms with Gasteiger partial charge in [-0.1, -0.05) is 12.1 Å². The Morgan fingerprint density at radius 2 is 2.00 bits per heavy atom. The molecule has 0 spiro atoms. The van der Waals surface area contributed by atoms with Crippen molar-refractivity contribution in [3.8, 4) is 11.3 Å². The molecule has 1 heterocycles. The van der Waals surface area contributed by atoms with E-state index in [0.29, 0.717) is 6.42 Å². The highest BCUT2D eigenvalue weighted by Crippen LogP contribution is 2.29. The van der Waals surface area contributed by atoms with Crippen LogP contribution in [0, 0.1) is 13.8 Å². The predicted molar refractivity (Wildman–Crippen MR) is 76.6 cm³/mol. The Labute approximate surface area is 116 Å². The van der Waals surface area contributed by atoms with Crippen molar-refractivity contribution in [3.05, 3.63) is 39.8 Å². The molecule has 0 radical (unpaired) electrons. The Balaban J connectivity index is 2.50. The van der Waals surface area contributed by atoms with E-state index in [1.54, 1.807) is 0 Å². The monoisotopic (exact) mass is 308 g/mol. The topological polar surface area (TPSA) is 38.1 Å². The van der Waals surface area contributed by atoms with Gasteiger partial charge in [0.1, 0.15) is 16.1 Å². The Kier molecular flexibility index (Phi) is 3.88. The van der Waals surface area contributed by atoms with Crippen LogP contribution in [0.4, 0.5) is 0 Å². The average Bonchev–Trinajstić information content (AvgIpc) is 2.62. The number of benzene rings is 1. The molecule has 4 heteroatoms. The molecule has 1 aromatic carbocycles. The summed E-state index contributed by atoms with van der Waals surface area (Å²) in [6.07, 6.45) is 0.569. The van der Waals surface area contributed by atoms with Crippen LogP contribution in [0.1, 0.15) is 17.0 Å². The highest BCUT2D eigenvalue weighted by atomic mass is 79.9. The maximum Gasteiger partial charge on any atom is 0.112 e. The fourth-order valence-electron chi connectivity index (χ4n) is 1.92. The van der Waals surface area contributed by atoms with Crippen LogP contribution in [-0.4, -0.2) is 21.3 Å². The lowest BCUT2D eigenvalue weighted by molar-refractivity contribution is 0.295. The summed E-state index contributed by atoms with van der Waals surface area (Å²) < 4.78 is 2.93. The van der Waals surface area contributed by atoms with Gasteiger partial charge in [0.25, 0.3) is 0 Å². The Bertz CT molecular complexity index is 575. The van der Waals surface area contributed by atoms with Crippen molar-refractivity contribution >= 4 is 15.9 Å². The Morgan fingerprint density at radius 3 is 2.61 bits per heavy atom. The zero-order chi connectivity index (χ0) is 13.3. The second kappa shape index (κ2) is 5.24. The molecule has 0 fully saturated rings. The lowest BCUT2D eigenvalue weighted by atomic mass is 10.0. The van der Waals surface area contributed by atoms with Gasteiger partial charge < -0.3 is 9.67 Å². The van der Waals surface area contributed by atoms with Gasteiger partial charge in [-0.2, -0.15) is 0 Å². The number of imidazole rings is 1. The second-order valence-corrected chi connectivity index (χ2v) is 5.25. The van der Waals surface area contributed by atoms with E-state index in [-0.39, 0.29) is 6.61 Å². The molecule has 96 valence electrons. The van der Waals surface area contributed by atoms with Crippen LogP contribution in [-0.2, 0) is 13.5 Å². The van der Waals surface area contributed by atoms with Crippen LogP contribution in [0.3, 0.4) is 0 Å². The van der Waals surface area contributed by atoms with Gasteiger partial charge in [0, 0.05) is 19.0 Å². The summed E-state index contributed by atoms with van der Waals surface area (Å²) in [5, 5.41) is 9.03. The molecule has 3 nitrogen and oxygen atoms in total. The zero-order valence-electron chi connectivity index (χ0n) is 10.9. The van der Waals surface area contributed by atoms with Crippen LogP contribution < -0.4 is 0 Å². The molecule has 0 aliphatic heterocycles. The first kappa shape index (κ1) is 13.3. The van der Waals surface area contributed by atoms with Crippen LogP contribution in [0.15, 0.2) is 22.8 Å². The van der Waals surface area contributed by atoms with E-state index in [1.165, 1.54) is 11.1 Å². The lowest BCUT2D eigenvalue weighted by Crippen LogP contribution is -2.00. The van der Waals surface area contributed by atoms with Gasteiger partial charge in [0.2, 0.25) is 0 Å². The zero-order valence-corrected chi connectivity index (χ0v) is 12.5. The van der Waals surface area contributed by atoms with Crippen molar-refractivity contribution in [1.82, 2.24) is 9.55 Å². The first-order valence-electron chi connectivity index (χ1n) is 5.94. The van der Waals surface area contributed by atoms with E-state index in [4.69, 9.17) is 5.11 Å². The molecule has 0 aliphatic rings. The molecular weight excluding hydrogens is 292 g/mol. The standard InChI is InChI=1S/C14H17BrN2O/c1-9-4-5-11(8-10(9)2)13-14(15)17(3)12(16-13)6-7-18/h4-5,8,18H,6-7H2,1-3H3. The summed E-state index contributed by atoms with van der Waals surface area (Å²) in [6, 6.07) is 6.33. The summed E-state index contributed by atoms with van der Waals surface area (Å²) in [5.41, 5.74) is 4.57. The molecule has 0 aliphatic carbocycles. The minimum Gasteiger partial charge on any atom is -0.396 e. The maximum absolute atomic E-state index is 9.03. The van der Waals surface area contributed by atoms with Crippen LogP contribution in [0.5, 0.6) is 0 Å². The van der Waals surface area contributed by atoms with E-state index in [2.05, 4.69) is 53.0 Å². The van der Waals surface area contributed by atoms with Crippen molar-refractivity contribution in [2.75, 3.05) is 6.61 Å². The lowest BCUT2D eigenvalue weighted by Gasteiger charge is -2.03. The molecule has 2 rings (SSSR count). The first-order valence-corrected chi connectivity index (χ1v) is 6.73. The predicted octanol–water partition coefficient (Wildman–Crippen LogP) is 3.00. The summed E-state index contributed by atoms with van der Waals surface area (Å²) in [4.78, 5) is 4.60. The van der Waals surface area contributed by atoms with Gasteiger partial charge in [-0.15, -0.1) is 0 Å². The van der Waals surface area contributed by atoms with Crippen LogP contribution in [0.25, 0.3) is 11.3 Å². The minimum atomic E-state index is 0.115. The molecule has 1 aromatic heterocycles. The number of hydrogen-bond donors (Lipinski definition) is 1. The number of hydrogen-bond acceptors (Lipinski definition) is 2. The Hall–Kier alpha value is -1.13. The third-order valence-corrected chi connectivity index (χ3v) is 4.14. The largest absolute Gasteiger partial charge is 0.396 e. The molecule has 0 amide bonds. The number of aromatic nitrogens is 2. The normalized spacial score (nSPS) is 10.9. The van der Waals surface area contributed by atoms with Crippen molar-refractivity contribution < 1.29 is 5.11 Å². The fourth-order valence-corrected chi connectivity index (χ4v) is 2.44. The van der Waals surface area contributed by atoms with Gasteiger partial charge in [0.05, 0.1) is 6.61 Å². The maximum atomic E-state index is 9.03. The van der Waals surface area contributed by atoms with E-state index in [0.717, 1.165) is 21.7 Å². The van der Waals surface area contributed by atoms with E-state index in [1.807, 2.05) is 11.6 Å². The number of halogens is 1. The SMILES string of the molecule is Cc1ccc(-c2nc(CCO)n(C)c2Br)cc1C. The van der Waals surface area contributed by atoms with Crippen LogP contribution in [0.2, 0.25) is 0 Å². The second-order valence-electron chi connectivity index (χ2n) is 4.50. The molecule has 0 saturated heterocycles. The number of nitrogens with zero attached hydrogens (tertiary/aromatic N) is 2. The van der Waals surface area contributed by atoms with Gasteiger partial charge in [-0.05, 0) is 47.0 Å². The molecule has 0 unspecified atom stereocenters. The van der Waals surface area contributed by atoms with E-state index in [9.17, 15) is 0 Å². The average molecular weight is 309 g/mol. The summed E-state index contributed by atoms with van der Waals surface area (Å²) in [7, 11) is 1.95. The molecule has 0 bridgehead atoms. The molecule has 18 heavy (non-hydrogen) atoms.